The second-order valence-electron chi connectivity index (χ2n) is 6.76. The highest BCUT2D eigenvalue weighted by molar-refractivity contribution is 5.82. The zero-order valence-corrected chi connectivity index (χ0v) is 12.5. The molecule has 1 amide bonds. The van der Waals surface area contributed by atoms with Crippen molar-refractivity contribution in [2.75, 3.05) is 13.1 Å². The smallest absolute Gasteiger partial charge is 0.237 e. The maximum absolute atomic E-state index is 12.0. The van der Waals surface area contributed by atoms with Crippen molar-refractivity contribution in [1.82, 2.24) is 10.2 Å². The van der Waals surface area contributed by atoms with Crippen LogP contribution in [0.3, 0.4) is 0 Å². The Morgan fingerprint density at radius 3 is 2.17 bits per heavy atom. The zero-order chi connectivity index (χ0) is 13.9. The first-order valence-electron chi connectivity index (χ1n) is 7.02. The van der Waals surface area contributed by atoms with Gasteiger partial charge >= 0.3 is 0 Å². The fourth-order valence-corrected chi connectivity index (χ4v) is 2.24. The van der Waals surface area contributed by atoms with Gasteiger partial charge in [0.25, 0.3) is 0 Å². The summed E-state index contributed by atoms with van der Waals surface area (Å²) in [4.78, 5) is 14.5. The van der Waals surface area contributed by atoms with E-state index in [1.54, 1.807) is 0 Å². The largest absolute Gasteiger partial charge is 0.352 e. The number of carbonyl (C=O) groups is 1. The Kier molecular flexibility index (Phi) is 5.17. The van der Waals surface area contributed by atoms with Gasteiger partial charge in [0.1, 0.15) is 0 Å². The van der Waals surface area contributed by atoms with Crippen molar-refractivity contribution in [3.8, 4) is 0 Å². The van der Waals surface area contributed by atoms with E-state index in [1.165, 1.54) is 0 Å². The lowest BCUT2D eigenvalue weighted by Crippen LogP contribution is -2.54. The number of nitrogens with two attached hydrogens (primary N) is 1. The summed E-state index contributed by atoms with van der Waals surface area (Å²) in [5.41, 5.74) is 5.79. The second kappa shape index (κ2) is 6.02. The van der Waals surface area contributed by atoms with Crippen molar-refractivity contribution >= 4 is 5.91 Å². The maximum atomic E-state index is 12.0. The Hall–Kier alpha value is -0.610. The summed E-state index contributed by atoms with van der Waals surface area (Å²) in [7, 11) is 0. The molecule has 0 aromatic rings. The van der Waals surface area contributed by atoms with E-state index >= 15 is 0 Å². The molecule has 1 saturated heterocycles. The van der Waals surface area contributed by atoms with Crippen LogP contribution in [0, 0.1) is 5.41 Å². The number of hydrogen-bond acceptors (Lipinski definition) is 3. The van der Waals surface area contributed by atoms with Gasteiger partial charge in [-0.05, 0) is 32.1 Å². The molecule has 1 atom stereocenters. The van der Waals surface area contributed by atoms with Crippen molar-refractivity contribution in [1.29, 1.82) is 0 Å². The Bertz CT molecular complexity index is 275. The third-order valence-electron chi connectivity index (χ3n) is 3.82. The molecule has 1 aliphatic rings. The molecule has 3 N–H and O–H groups in total. The topological polar surface area (TPSA) is 58.4 Å². The SMILES string of the molecule is CC(C)N1CCC(NC(=O)[C@@H](N)C(C)(C)C)CC1. The van der Waals surface area contributed by atoms with Crippen LogP contribution in [0.25, 0.3) is 0 Å². The van der Waals surface area contributed by atoms with Crippen LogP contribution in [0.1, 0.15) is 47.5 Å². The number of hydrogen-bond donors (Lipinski definition) is 2. The molecule has 4 heteroatoms. The van der Waals surface area contributed by atoms with Crippen molar-refractivity contribution in [2.24, 2.45) is 11.1 Å². The first-order valence-corrected chi connectivity index (χ1v) is 7.02. The third-order valence-corrected chi connectivity index (χ3v) is 3.82. The number of piperidine rings is 1. The number of nitrogens with zero attached hydrogens (tertiary/aromatic N) is 1. The molecule has 0 unspecified atom stereocenters. The van der Waals surface area contributed by atoms with Gasteiger partial charge in [0.2, 0.25) is 5.91 Å². The minimum absolute atomic E-state index is 0.00880. The number of amides is 1. The molecule has 0 aromatic heterocycles. The highest BCUT2D eigenvalue weighted by Gasteiger charge is 2.30. The van der Waals surface area contributed by atoms with Gasteiger partial charge < -0.3 is 16.0 Å². The van der Waals surface area contributed by atoms with Gasteiger partial charge in [-0.15, -0.1) is 0 Å². The van der Waals surface area contributed by atoms with Crippen molar-refractivity contribution in [3.05, 3.63) is 0 Å². The van der Waals surface area contributed by atoms with E-state index in [9.17, 15) is 4.79 Å². The normalized spacial score (nSPS) is 21.1. The Balaban J connectivity index is 2.39. The van der Waals surface area contributed by atoms with Gasteiger partial charge in [-0.3, -0.25) is 4.79 Å². The lowest BCUT2D eigenvalue weighted by Gasteiger charge is -2.36. The number of likely N-dealkylation sites (tertiary alicyclic amines) is 1. The van der Waals surface area contributed by atoms with Gasteiger partial charge in [-0.1, -0.05) is 20.8 Å². The summed E-state index contributed by atoms with van der Waals surface area (Å²) in [5.74, 6) is -0.00880. The molecule has 0 spiro atoms. The van der Waals surface area contributed by atoms with Gasteiger partial charge in [0.15, 0.2) is 0 Å². The number of nitrogens with one attached hydrogen (secondary N) is 1. The average molecular weight is 255 g/mol. The van der Waals surface area contributed by atoms with E-state index < -0.39 is 6.04 Å². The molecular formula is C14H29N3O. The van der Waals surface area contributed by atoms with Crippen LogP contribution in [0.4, 0.5) is 0 Å². The minimum atomic E-state index is -0.430. The Morgan fingerprint density at radius 1 is 1.28 bits per heavy atom. The molecule has 1 rings (SSSR count). The van der Waals surface area contributed by atoms with E-state index in [0.29, 0.717) is 12.1 Å². The highest BCUT2D eigenvalue weighted by atomic mass is 16.2. The van der Waals surface area contributed by atoms with E-state index in [-0.39, 0.29) is 11.3 Å². The molecular weight excluding hydrogens is 226 g/mol. The standard InChI is InChI=1S/C14H29N3O/c1-10(2)17-8-6-11(7-9-17)16-13(18)12(15)14(3,4)5/h10-12H,6-9,15H2,1-5H3,(H,16,18)/t12-/m1/s1. The van der Waals surface area contributed by atoms with E-state index in [0.717, 1.165) is 25.9 Å². The van der Waals surface area contributed by atoms with Gasteiger partial charge in [-0.2, -0.15) is 0 Å². The molecule has 106 valence electrons. The van der Waals surface area contributed by atoms with Crippen LogP contribution >= 0.6 is 0 Å². The van der Waals surface area contributed by atoms with Crippen LogP contribution in [0.2, 0.25) is 0 Å². The number of rotatable bonds is 3. The molecule has 1 heterocycles. The molecule has 0 aromatic carbocycles. The van der Waals surface area contributed by atoms with Gasteiger partial charge in [0, 0.05) is 25.2 Å². The summed E-state index contributed by atoms with van der Waals surface area (Å²) < 4.78 is 0. The van der Waals surface area contributed by atoms with Crippen molar-refractivity contribution in [2.45, 2.75) is 65.6 Å². The molecule has 0 radical (unpaired) electrons. The van der Waals surface area contributed by atoms with Crippen LogP contribution in [-0.2, 0) is 4.79 Å². The van der Waals surface area contributed by atoms with E-state index in [4.69, 9.17) is 5.73 Å². The minimum Gasteiger partial charge on any atom is -0.352 e. The van der Waals surface area contributed by atoms with E-state index in [2.05, 4.69) is 24.1 Å². The maximum Gasteiger partial charge on any atom is 0.237 e. The molecule has 0 aliphatic carbocycles. The zero-order valence-electron chi connectivity index (χ0n) is 12.5. The van der Waals surface area contributed by atoms with Gasteiger partial charge in [-0.25, -0.2) is 0 Å². The second-order valence-corrected chi connectivity index (χ2v) is 6.76. The molecule has 1 fully saturated rings. The Labute approximate surface area is 111 Å². The highest BCUT2D eigenvalue weighted by Crippen LogP contribution is 2.18. The summed E-state index contributed by atoms with van der Waals surface area (Å²) in [6.07, 6.45) is 2.06. The summed E-state index contributed by atoms with van der Waals surface area (Å²) in [6, 6.07) is 0.458. The van der Waals surface area contributed by atoms with Crippen LogP contribution in [0.5, 0.6) is 0 Å². The summed E-state index contributed by atoms with van der Waals surface area (Å²) >= 11 is 0. The lowest BCUT2D eigenvalue weighted by molar-refractivity contribution is -0.125. The lowest BCUT2D eigenvalue weighted by atomic mass is 9.86. The molecule has 1 aliphatic heterocycles. The van der Waals surface area contributed by atoms with Crippen LogP contribution in [0.15, 0.2) is 0 Å². The van der Waals surface area contributed by atoms with Crippen LogP contribution < -0.4 is 11.1 Å². The molecule has 0 bridgehead atoms. The molecule has 4 nitrogen and oxygen atoms in total. The first-order chi connectivity index (χ1) is 8.21. The predicted octanol–water partition coefficient (Wildman–Crippen LogP) is 1.35. The predicted molar refractivity (Wildman–Crippen MR) is 75.3 cm³/mol. The van der Waals surface area contributed by atoms with Gasteiger partial charge in [0.05, 0.1) is 6.04 Å². The third kappa shape index (κ3) is 4.25. The fourth-order valence-electron chi connectivity index (χ4n) is 2.24. The van der Waals surface area contributed by atoms with Crippen molar-refractivity contribution in [3.63, 3.8) is 0 Å². The van der Waals surface area contributed by atoms with Crippen LogP contribution in [-0.4, -0.2) is 42.0 Å². The van der Waals surface area contributed by atoms with Crippen molar-refractivity contribution < 1.29 is 4.79 Å². The number of carbonyl (C=O) groups excluding carboxylic acids is 1. The average Bonchev–Trinajstić information content (AvgIpc) is 2.27. The first kappa shape index (κ1) is 15.4. The fraction of sp³-hybridized carbons (Fsp3) is 0.929. The molecule has 18 heavy (non-hydrogen) atoms. The Morgan fingerprint density at radius 2 is 1.78 bits per heavy atom. The van der Waals surface area contributed by atoms with E-state index in [1.807, 2.05) is 20.8 Å². The summed E-state index contributed by atoms with van der Waals surface area (Å²) in [5, 5.41) is 3.09. The molecule has 0 saturated carbocycles. The quantitative estimate of drug-likeness (QED) is 0.800. The summed E-state index contributed by atoms with van der Waals surface area (Å²) in [6.45, 7) is 12.6. The monoisotopic (exact) mass is 255 g/mol.